The lowest BCUT2D eigenvalue weighted by Gasteiger charge is -1.95. The van der Waals surface area contributed by atoms with Gasteiger partial charge in [0, 0.05) is 11.8 Å². The summed E-state index contributed by atoms with van der Waals surface area (Å²) in [5.41, 5.74) is 0.667. The number of carbonyl (C=O) groups excluding carboxylic acids is 1. The lowest BCUT2D eigenvalue weighted by molar-refractivity contribution is -0.114. The second-order valence-electron chi connectivity index (χ2n) is 3.35. The van der Waals surface area contributed by atoms with Gasteiger partial charge in [-0.15, -0.1) is 5.10 Å². The number of hydrogen-bond donors (Lipinski definition) is 1. The van der Waals surface area contributed by atoms with E-state index < -0.39 is 0 Å². The summed E-state index contributed by atoms with van der Waals surface area (Å²) in [5.74, 6) is 0.696. The summed E-state index contributed by atoms with van der Waals surface area (Å²) >= 11 is 1.23. The first-order valence-corrected chi connectivity index (χ1v) is 5.60. The number of nitrogens with zero attached hydrogens (tertiary/aromatic N) is 4. The van der Waals surface area contributed by atoms with Crippen LogP contribution in [0.1, 0.15) is 12.6 Å². The minimum atomic E-state index is -0.00956. The average Bonchev–Trinajstić information content (AvgIpc) is 2.57. The van der Waals surface area contributed by atoms with Crippen LogP contribution in [0.25, 0.3) is 5.78 Å². The summed E-state index contributed by atoms with van der Waals surface area (Å²) < 4.78 is 1.25. The van der Waals surface area contributed by atoms with Gasteiger partial charge in [0.05, 0.1) is 5.75 Å². The Morgan fingerprint density at radius 2 is 2.31 bits per heavy atom. The van der Waals surface area contributed by atoms with Crippen molar-refractivity contribution in [3.05, 3.63) is 11.8 Å². The number of aryl methyl sites for hydroxylation is 1. The molecule has 0 atom stereocenters. The monoisotopic (exact) mass is 238 g/mol. The maximum atomic E-state index is 10.8. The van der Waals surface area contributed by atoms with Crippen molar-refractivity contribution in [1.29, 1.82) is 0 Å². The molecule has 0 radical (unpaired) electrons. The molecule has 16 heavy (non-hydrogen) atoms. The van der Waals surface area contributed by atoms with E-state index in [1.54, 1.807) is 6.92 Å². The first kappa shape index (κ1) is 10.9. The zero-order chi connectivity index (χ0) is 11.7. The fraction of sp³-hybridized carbons (Fsp3) is 0.333. The Balaban J connectivity index is 2.36. The highest BCUT2D eigenvalue weighted by atomic mass is 32.2. The summed E-state index contributed by atoms with van der Waals surface area (Å²) in [6, 6.07) is 1.50. The molecule has 0 fully saturated rings. The number of aromatic nitrogens is 4. The van der Waals surface area contributed by atoms with Crippen LogP contribution in [0, 0.1) is 6.92 Å². The standard InChI is InChI=1S/C9H10N4O2S/c1-5-3-7(15)13-8(10-5)11-9(12-13)16-4-6(2)14/h3,15H,4H2,1-2H3. The highest BCUT2D eigenvalue weighted by Crippen LogP contribution is 2.17. The van der Waals surface area contributed by atoms with Crippen LogP contribution in [-0.4, -0.2) is 36.2 Å². The van der Waals surface area contributed by atoms with Gasteiger partial charge in [0.15, 0.2) is 0 Å². The zero-order valence-corrected chi connectivity index (χ0v) is 9.65. The van der Waals surface area contributed by atoms with Crippen LogP contribution in [-0.2, 0) is 4.79 Å². The Labute approximate surface area is 95.7 Å². The first-order chi connectivity index (χ1) is 7.56. The lowest BCUT2D eigenvalue weighted by atomic mass is 10.4. The van der Waals surface area contributed by atoms with Crippen molar-refractivity contribution in [2.75, 3.05) is 5.75 Å². The van der Waals surface area contributed by atoms with E-state index >= 15 is 0 Å². The molecule has 0 amide bonds. The molecule has 0 bridgehead atoms. The van der Waals surface area contributed by atoms with Gasteiger partial charge in [0.25, 0.3) is 5.78 Å². The number of rotatable bonds is 3. The van der Waals surface area contributed by atoms with Crippen LogP contribution in [0.4, 0.5) is 0 Å². The van der Waals surface area contributed by atoms with E-state index in [4.69, 9.17) is 0 Å². The van der Waals surface area contributed by atoms with Gasteiger partial charge in [0.1, 0.15) is 5.78 Å². The fourth-order valence-electron chi connectivity index (χ4n) is 1.18. The topological polar surface area (TPSA) is 80.4 Å². The third-order valence-corrected chi connectivity index (χ3v) is 2.79. The molecule has 6 nitrogen and oxygen atoms in total. The van der Waals surface area contributed by atoms with E-state index in [0.29, 0.717) is 22.4 Å². The second-order valence-corrected chi connectivity index (χ2v) is 4.30. The van der Waals surface area contributed by atoms with Crippen molar-refractivity contribution in [2.24, 2.45) is 0 Å². The molecule has 2 rings (SSSR count). The Morgan fingerprint density at radius 1 is 1.56 bits per heavy atom. The minimum absolute atomic E-state index is 0.00956. The molecule has 1 N–H and O–H groups in total. The van der Waals surface area contributed by atoms with Gasteiger partial charge in [-0.3, -0.25) is 4.79 Å². The van der Waals surface area contributed by atoms with Gasteiger partial charge in [0.2, 0.25) is 11.0 Å². The van der Waals surface area contributed by atoms with E-state index in [2.05, 4.69) is 15.1 Å². The predicted molar refractivity (Wildman–Crippen MR) is 58.6 cm³/mol. The second kappa shape index (κ2) is 4.09. The zero-order valence-electron chi connectivity index (χ0n) is 8.84. The van der Waals surface area contributed by atoms with Gasteiger partial charge in [-0.05, 0) is 13.8 Å². The number of hydrogen-bond acceptors (Lipinski definition) is 6. The number of carbonyl (C=O) groups is 1. The molecule has 0 unspecified atom stereocenters. The van der Waals surface area contributed by atoms with Crippen LogP contribution in [0.15, 0.2) is 11.2 Å². The van der Waals surface area contributed by atoms with Crippen molar-refractivity contribution in [3.63, 3.8) is 0 Å². The quantitative estimate of drug-likeness (QED) is 0.797. The average molecular weight is 238 g/mol. The van der Waals surface area contributed by atoms with E-state index in [1.807, 2.05) is 0 Å². The fourth-order valence-corrected chi connectivity index (χ4v) is 1.79. The largest absolute Gasteiger partial charge is 0.493 e. The summed E-state index contributed by atoms with van der Waals surface area (Å²) in [6.07, 6.45) is 0. The molecule has 0 aliphatic carbocycles. The molecule has 2 aromatic rings. The molecular weight excluding hydrogens is 228 g/mol. The van der Waals surface area contributed by atoms with Crippen molar-refractivity contribution >= 4 is 23.3 Å². The summed E-state index contributed by atoms with van der Waals surface area (Å²) in [4.78, 5) is 19.0. The van der Waals surface area contributed by atoms with E-state index in [0.717, 1.165) is 0 Å². The van der Waals surface area contributed by atoms with Gasteiger partial charge < -0.3 is 5.11 Å². The molecule has 0 saturated carbocycles. The SMILES string of the molecule is CC(=O)CSc1nc2nc(C)cc(O)n2n1. The van der Waals surface area contributed by atoms with Crippen LogP contribution >= 0.6 is 11.8 Å². The maximum Gasteiger partial charge on any atom is 0.256 e. The third-order valence-electron chi connectivity index (χ3n) is 1.81. The van der Waals surface area contributed by atoms with Crippen molar-refractivity contribution in [1.82, 2.24) is 19.6 Å². The molecule has 84 valence electrons. The van der Waals surface area contributed by atoms with Crippen LogP contribution in [0.5, 0.6) is 5.88 Å². The van der Waals surface area contributed by atoms with Gasteiger partial charge in [-0.25, -0.2) is 4.98 Å². The number of ketones is 1. The van der Waals surface area contributed by atoms with Gasteiger partial charge in [-0.2, -0.15) is 9.50 Å². The molecular formula is C9H10N4O2S. The lowest BCUT2D eigenvalue weighted by Crippen LogP contribution is -1.94. The van der Waals surface area contributed by atoms with E-state index in [-0.39, 0.29) is 11.7 Å². The number of fused-ring (bicyclic) bond motifs is 1. The highest BCUT2D eigenvalue weighted by molar-refractivity contribution is 7.99. The normalized spacial score (nSPS) is 10.9. The predicted octanol–water partition coefficient (Wildman–Crippen LogP) is 0.819. The summed E-state index contributed by atoms with van der Waals surface area (Å²) in [7, 11) is 0. The van der Waals surface area contributed by atoms with Crippen LogP contribution < -0.4 is 0 Å². The molecule has 7 heteroatoms. The minimum Gasteiger partial charge on any atom is -0.493 e. The molecule has 0 spiro atoms. The third kappa shape index (κ3) is 2.13. The van der Waals surface area contributed by atoms with E-state index in [9.17, 15) is 9.90 Å². The Hall–Kier alpha value is -1.63. The number of thioether (sulfide) groups is 1. The van der Waals surface area contributed by atoms with Gasteiger partial charge >= 0.3 is 0 Å². The maximum absolute atomic E-state index is 10.8. The first-order valence-electron chi connectivity index (χ1n) is 4.62. The smallest absolute Gasteiger partial charge is 0.256 e. The number of Topliss-reactive ketones (excluding diaryl/α,β-unsaturated/α-hetero) is 1. The molecule has 0 aromatic carbocycles. The Kier molecular flexibility index (Phi) is 2.78. The summed E-state index contributed by atoms with van der Waals surface area (Å²) in [6.45, 7) is 3.26. The summed E-state index contributed by atoms with van der Waals surface area (Å²) in [5, 5.41) is 14.1. The number of aromatic hydroxyl groups is 1. The molecule has 0 aliphatic heterocycles. The van der Waals surface area contributed by atoms with Crippen LogP contribution in [0.2, 0.25) is 0 Å². The van der Waals surface area contributed by atoms with Crippen molar-refractivity contribution < 1.29 is 9.90 Å². The Morgan fingerprint density at radius 3 is 3.00 bits per heavy atom. The molecule has 2 heterocycles. The molecule has 2 aromatic heterocycles. The Bertz CT molecular complexity index is 552. The molecule has 0 aliphatic rings. The van der Waals surface area contributed by atoms with Crippen LogP contribution in [0.3, 0.4) is 0 Å². The van der Waals surface area contributed by atoms with Crippen molar-refractivity contribution in [3.8, 4) is 5.88 Å². The molecule has 0 saturated heterocycles. The highest BCUT2D eigenvalue weighted by Gasteiger charge is 2.09. The van der Waals surface area contributed by atoms with E-state index in [1.165, 1.54) is 29.3 Å². The van der Waals surface area contributed by atoms with Crippen molar-refractivity contribution in [2.45, 2.75) is 19.0 Å². The van der Waals surface area contributed by atoms with Gasteiger partial charge in [-0.1, -0.05) is 11.8 Å².